The molecule has 2 rings (SSSR count). The van der Waals surface area contributed by atoms with E-state index in [4.69, 9.17) is 16.3 Å². The van der Waals surface area contributed by atoms with Gasteiger partial charge in [0.05, 0.1) is 12.1 Å². The summed E-state index contributed by atoms with van der Waals surface area (Å²) in [6.07, 6.45) is -3.33. The second-order valence-electron chi connectivity index (χ2n) is 5.51. The van der Waals surface area contributed by atoms with Gasteiger partial charge in [-0.15, -0.1) is 11.3 Å². The molecule has 1 aromatic heterocycles. The number of nitrogens with one attached hydrogen (secondary N) is 2. The van der Waals surface area contributed by atoms with E-state index in [2.05, 4.69) is 20.6 Å². The molecular formula is C17H20ClF3N4OS. The number of rotatable bonds is 7. The zero-order valence-electron chi connectivity index (χ0n) is 14.9. The summed E-state index contributed by atoms with van der Waals surface area (Å²) in [4.78, 5) is 7.69. The van der Waals surface area contributed by atoms with Crippen LogP contribution in [0.4, 0.5) is 13.2 Å². The molecular weight excluding hydrogens is 401 g/mol. The fraction of sp³-hybridized carbons (Fsp3) is 0.412. The van der Waals surface area contributed by atoms with Gasteiger partial charge in [-0.05, 0) is 24.1 Å². The lowest BCUT2D eigenvalue weighted by Gasteiger charge is -2.12. The summed E-state index contributed by atoms with van der Waals surface area (Å²) in [5, 5.41) is 8.28. The molecule has 5 nitrogen and oxygen atoms in total. The second-order valence-corrected chi connectivity index (χ2v) is 6.86. The van der Waals surface area contributed by atoms with Gasteiger partial charge in [-0.3, -0.25) is 4.99 Å². The number of hydrogen-bond donors (Lipinski definition) is 2. The van der Waals surface area contributed by atoms with Crippen LogP contribution in [0, 0.1) is 0 Å². The Morgan fingerprint density at radius 2 is 1.96 bits per heavy atom. The zero-order valence-corrected chi connectivity index (χ0v) is 16.4. The Hall–Kier alpha value is -2.00. The summed E-state index contributed by atoms with van der Waals surface area (Å²) in [6, 6.07) is 5.50. The monoisotopic (exact) mass is 420 g/mol. The van der Waals surface area contributed by atoms with Crippen LogP contribution in [-0.2, 0) is 19.0 Å². The van der Waals surface area contributed by atoms with Crippen LogP contribution in [0.3, 0.4) is 0 Å². The van der Waals surface area contributed by atoms with E-state index < -0.39 is 11.9 Å². The number of thiazole rings is 1. The molecule has 0 aliphatic heterocycles. The van der Waals surface area contributed by atoms with Crippen LogP contribution in [0.15, 0.2) is 28.6 Å². The number of hydrogen-bond acceptors (Lipinski definition) is 4. The van der Waals surface area contributed by atoms with Crippen molar-refractivity contribution in [2.24, 2.45) is 4.99 Å². The van der Waals surface area contributed by atoms with Crippen molar-refractivity contribution < 1.29 is 17.9 Å². The number of aliphatic imine (C=N–C) groups is 1. The first kappa shape index (κ1) is 21.3. The lowest BCUT2D eigenvalue weighted by atomic mass is 10.1. The van der Waals surface area contributed by atoms with Crippen molar-refractivity contribution in [3.05, 3.63) is 44.9 Å². The molecule has 0 atom stereocenters. The molecule has 0 radical (unpaired) electrons. The van der Waals surface area contributed by atoms with E-state index in [0.29, 0.717) is 47.7 Å². The summed E-state index contributed by atoms with van der Waals surface area (Å²) >= 11 is 7.20. The van der Waals surface area contributed by atoms with E-state index in [1.54, 1.807) is 20.2 Å². The minimum absolute atomic E-state index is 0.381. The summed E-state index contributed by atoms with van der Waals surface area (Å²) in [6.45, 7) is 1.02. The van der Waals surface area contributed by atoms with E-state index in [-0.39, 0.29) is 0 Å². The molecule has 148 valence electrons. The largest absolute Gasteiger partial charge is 0.497 e. The molecule has 2 N–H and O–H groups in total. The number of methoxy groups -OCH3 is 1. The third-order valence-corrected chi connectivity index (χ3v) is 4.90. The molecule has 1 heterocycles. The van der Waals surface area contributed by atoms with E-state index in [1.807, 2.05) is 12.1 Å². The highest BCUT2D eigenvalue weighted by Gasteiger charge is 2.33. The average molecular weight is 421 g/mol. The molecule has 0 bridgehead atoms. The maximum atomic E-state index is 12.5. The molecule has 0 aliphatic rings. The lowest BCUT2D eigenvalue weighted by Crippen LogP contribution is -2.39. The third-order valence-electron chi connectivity index (χ3n) is 3.64. The highest BCUT2D eigenvalue weighted by atomic mass is 35.5. The minimum Gasteiger partial charge on any atom is -0.497 e. The van der Waals surface area contributed by atoms with Crippen molar-refractivity contribution in [3.8, 4) is 5.75 Å². The van der Waals surface area contributed by atoms with Gasteiger partial charge >= 0.3 is 6.18 Å². The quantitative estimate of drug-likeness (QED) is 0.528. The predicted molar refractivity (Wildman–Crippen MR) is 102 cm³/mol. The lowest BCUT2D eigenvalue weighted by molar-refractivity contribution is -0.140. The molecule has 0 unspecified atom stereocenters. The van der Waals surface area contributed by atoms with Crippen molar-refractivity contribution in [1.29, 1.82) is 0 Å². The van der Waals surface area contributed by atoms with Crippen LogP contribution in [-0.4, -0.2) is 38.2 Å². The number of nitrogens with zero attached hydrogens (tertiary/aromatic N) is 2. The number of guanidine groups is 1. The maximum absolute atomic E-state index is 12.5. The van der Waals surface area contributed by atoms with E-state index in [0.717, 1.165) is 22.3 Å². The highest BCUT2D eigenvalue weighted by molar-refractivity contribution is 7.09. The summed E-state index contributed by atoms with van der Waals surface area (Å²) in [5.41, 5.74) is 0.129. The molecule has 1 aromatic carbocycles. The first-order valence-corrected chi connectivity index (χ1v) is 9.37. The summed E-state index contributed by atoms with van der Waals surface area (Å²) < 4.78 is 42.7. The molecule has 0 amide bonds. The van der Waals surface area contributed by atoms with Crippen LogP contribution < -0.4 is 15.4 Å². The van der Waals surface area contributed by atoms with E-state index >= 15 is 0 Å². The molecule has 0 aliphatic carbocycles. The minimum atomic E-state index is -4.40. The standard InChI is InChI=1S/C17H20ClF3N4OS/c1-22-16(23-7-5-11-3-4-12(26-2)9-13(11)18)24-8-6-15-25-14(10-27-15)17(19,20)21/h3-4,9-10H,5-8H2,1-2H3,(H2,22,23,24). The van der Waals surface area contributed by atoms with Gasteiger partial charge in [0.1, 0.15) is 5.75 Å². The van der Waals surface area contributed by atoms with Gasteiger partial charge in [0.2, 0.25) is 0 Å². The van der Waals surface area contributed by atoms with Gasteiger partial charge in [0, 0.05) is 37.0 Å². The predicted octanol–water partition coefficient (Wildman–Crippen LogP) is 3.77. The number of alkyl halides is 3. The number of halogens is 4. The highest BCUT2D eigenvalue weighted by Crippen LogP contribution is 2.30. The first-order valence-electron chi connectivity index (χ1n) is 8.12. The Bertz CT molecular complexity index is 780. The van der Waals surface area contributed by atoms with Gasteiger partial charge in [-0.1, -0.05) is 17.7 Å². The van der Waals surface area contributed by atoms with Gasteiger partial charge in [0.15, 0.2) is 11.7 Å². The third kappa shape index (κ3) is 6.59. The molecule has 0 spiro atoms. The Kier molecular flexibility index (Phi) is 7.73. The van der Waals surface area contributed by atoms with Gasteiger partial charge in [0.25, 0.3) is 0 Å². The molecule has 0 saturated heterocycles. The summed E-state index contributed by atoms with van der Waals surface area (Å²) in [5.74, 6) is 1.26. The zero-order chi connectivity index (χ0) is 19.9. The Balaban J connectivity index is 1.75. The average Bonchev–Trinajstić information content (AvgIpc) is 3.11. The fourth-order valence-corrected chi connectivity index (χ4v) is 3.31. The van der Waals surface area contributed by atoms with Crippen LogP contribution >= 0.6 is 22.9 Å². The molecule has 27 heavy (non-hydrogen) atoms. The van der Waals surface area contributed by atoms with E-state index in [1.165, 1.54) is 0 Å². The number of aromatic nitrogens is 1. The molecule has 0 saturated carbocycles. The van der Waals surface area contributed by atoms with Crippen molar-refractivity contribution >= 4 is 28.9 Å². The Morgan fingerprint density at radius 1 is 1.26 bits per heavy atom. The second kappa shape index (κ2) is 9.80. The van der Waals surface area contributed by atoms with Gasteiger partial charge in [-0.2, -0.15) is 13.2 Å². The number of ether oxygens (including phenoxy) is 1. The van der Waals surface area contributed by atoms with Crippen molar-refractivity contribution in [2.45, 2.75) is 19.0 Å². The first-order chi connectivity index (χ1) is 12.8. The summed E-state index contributed by atoms with van der Waals surface area (Å²) in [7, 11) is 3.21. The van der Waals surface area contributed by atoms with Crippen molar-refractivity contribution in [3.63, 3.8) is 0 Å². The SMILES string of the molecule is CN=C(NCCc1nc(C(F)(F)F)cs1)NCCc1ccc(OC)cc1Cl. The van der Waals surface area contributed by atoms with Crippen LogP contribution in [0.2, 0.25) is 5.02 Å². The molecule has 0 fully saturated rings. The van der Waals surface area contributed by atoms with Crippen LogP contribution in [0.5, 0.6) is 5.75 Å². The van der Waals surface area contributed by atoms with Crippen molar-refractivity contribution in [1.82, 2.24) is 15.6 Å². The van der Waals surface area contributed by atoms with Crippen molar-refractivity contribution in [2.75, 3.05) is 27.2 Å². The maximum Gasteiger partial charge on any atom is 0.434 e. The molecule has 2 aromatic rings. The van der Waals surface area contributed by atoms with Crippen LogP contribution in [0.25, 0.3) is 0 Å². The number of benzene rings is 1. The van der Waals surface area contributed by atoms with E-state index in [9.17, 15) is 13.2 Å². The van der Waals surface area contributed by atoms with Gasteiger partial charge in [-0.25, -0.2) is 4.98 Å². The smallest absolute Gasteiger partial charge is 0.434 e. The fourth-order valence-electron chi connectivity index (χ4n) is 2.24. The Labute approximate surface area is 164 Å². The molecule has 10 heteroatoms. The normalized spacial score (nSPS) is 12.1. The topological polar surface area (TPSA) is 58.5 Å². The van der Waals surface area contributed by atoms with Gasteiger partial charge < -0.3 is 15.4 Å². The van der Waals surface area contributed by atoms with Crippen LogP contribution in [0.1, 0.15) is 16.3 Å². The Morgan fingerprint density at radius 3 is 2.52 bits per heavy atom.